The second kappa shape index (κ2) is 6.22. The molecule has 2 fully saturated rings. The van der Waals surface area contributed by atoms with E-state index in [-0.39, 0.29) is 25.3 Å². The van der Waals surface area contributed by atoms with Crippen LogP contribution in [0.25, 0.3) is 0 Å². The van der Waals surface area contributed by atoms with Gasteiger partial charge in [0.25, 0.3) is 0 Å². The maximum atomic E-state index is 12.1. The molecule has 1 heterocycles. The number of urea groups is 1. The monoisotopic (exact) mass is 298 g/mol. The molecule has 3 N–H and O–H groups in total. The zero-order valence-corrected chi connectivity index (χ0v) is 13.0. The van der Waals surface area contributed by atoms with Crippen molar-refractivity contribution in [2.24, 2.45) is 17.3 Å². The normalized spacial score (nSPS) is 39.8. The predicted octanol–water partition coefficient (Wildman–Crippen LogP) is 1.60. The summed E-state index contributed by atoms with van der Waals surface area (Å²) in [6.45, 7) is 6.44. The highest BCUT2D eigenvalue weighted by Crippen LogP contribution is 2.30. The molecule has 6 heteroatoms. The van der Waals surface area contributed by atoms with Crippen LogP contribution >= 0.6 is 0 Å². The summed E-state index contributed by atoms with van der Waals surface area (Å²) >= 11 is 0. The summed E-state index contributed by atoms with van der Waals surface area (Å²) in [6.07, 6.45) is 3.08. The second-order valence-corrected chi connectivity index (χ2v) is 6.87. The van der Waals surface area contributed by atoms with E-state index in [2.05, 4.69) is 24.5 Å². The van der Waals surface area contributed by atoms with Crippen molar-refractivity contribution in [3.63, 3.8) is 0 Å². The van der Waals surface area contributed by atoms with E-state index in [0.717, 1.165) is 19.3 Å². The molecule has 1 aliphatic heterocycles. The maximum absolute atomic E-state index is 12.1. The summed E-state index contributed by atoms with van der Waals surface area (Å²) in [6, 6.07) is -0.603. The Balaban J connectivity index is 1.86. The molecular formula is C15H26N2O4. The number of carboxylic acid groups (broad SMARTS) is 1. The van der Waals surface area contributed by atoms with E-state index >= 15 is 0 Å². The number of hydrogen-bond acceptors (Lipinski definition) is 3. The lowest BCUT2D eigenvalue weighted by Gasteiger charge is -2.33. The highest BCUT2D eigenvalue weighted by atomic mass is 16.5. The van der Waals surface area contributed by atoms with Gasteiger partial charge in [-0.25, -0.2) is 4.79 Å². The largest absolute Gasteiger partial charge is 0.481 e. The van der Waals surface area contributed by atoms with E-state index in [4.69, 9.17) is 4.74 Å². The number of ether oxygens (including phenoxy) is 1. The van der Waals surface area contributed by atoms with Gasteiger partial charge in [0, 0.05) is 6.04 Å². The molecule has 1 aliphatic carbocycles. The Morgan fingerprint density at radius 2 is 1.90 bits per heavy atom. The van der Waals surface area contributed by atoms with Crippen LogP contribution in [0.1, 0.15) is 40.0 Å². The Morgan fingerprint density at radius 3 is 2.52 bits per heavy atom. The van der Waals surface area contributed by atoms with E-state index in [9.17, 15) is 14.7 Å². The van der Waals surface area contributed by atoms with Crippen LogP contribution in [0, 0.1) is 17.3 Å². The minimum absolute atomic E-state index is 0.130. The number of aliphatic carboxylic acids is 1. The average Bonchev–Trinajstić information content (AvgIpc) is 2.77. The number of rotatable bonds is 3. The van der Waals surface area contributed by atoms with Crippen LogP contribution in [0.5, 0.6) is 0 Å². The van der Waals surface area contributed by atoms with E-state index in [0.29, 0.717) is 11.8 Å². The van der Waals surface area contributed by atoms with Gasteiger partial charge in [0.1, 0.15) is 5.41 Å². The Hall–Kier alpha value is -1.30. The van der Waals surface area contributed by atoms with Crippen LogP contribution in [0.2, 0.25) is 0 Å². The van der Waals surface area contributed by atoms with Crippen molar-refractivity contribution in [3.8, 4) is 0 Å². The topological polar surface area (TPSA) is 87.7 Å². The van der Waals surface area contributed by atoms with Gasteiger partial charge in [0.2, 0.25) is 0 Å². The first-order chi connectivity index (χ1) is 9.83. The maximum Gasteiger partial charge on any atom is 0.315 e. The lowest BCUT2D eigenvalue weighted by atomic mass is 9.79. The minimum atomic E-state index is -1.05. The van der Waals surface area contributed by atoms with Crippen LogP contribution in [0.15, 0.2) is 0 Å². The molecule has 0 bridgehead atoms. The van der Waals surface area contributed by atoms with Gasteiger partial charge in [-0.05, 0) is 38.0 Å². The molecular weight excluding hydrogens is 272 g/mol. The first-order valence-electron chi connectivity index (χ1n) is 7.71. The quantitative estimate of drug-likeness (QED) is 0.738. The minimum Gasteiger partial charge on any atom is -0.481 e. The van der Waals surface area contributed by atoms with Gasteiger partial charge in [-0.1, -0.05) is 13.8 Å². The zero-order chi connectivity index (χ0) is 15.6. The first kappa shape index (κ1) is 16.1. The summed E-state index contributed by atoms with van der Waals surface area (Å²) in [5.41, 5.74) is -1.05. The molecule has 2 rings (SSSR count). The van der Waals surface area contributed by atoms with Crippen LogP contribution in [-0.4, -0.2) is 42.4 Å². The molecule has 0 aromatic heterocycles. The third kappa shape index (κ3) is 3.48. The molecule has 120 valence electrons. The molecule has 0 aromatic carbocycles. The number of amides is 2. The molecule has 1 saturated heterocycles. The Kier molecular flexibility index (Phi) is 4.76. The van der Waals surface area contributed by atoms with Crippen LogP contribution in [0.4, 0.5) is 4.79 Å². The van der Waals surface area contributed by atoms with Gasteiger partial charge < -0.3 is 20.5 Å². The van der Waals surface area contributed by atoms with Gasteiger partial charge >= 0.3 is 12.0 Å². The number of carbonyl (C=O) groups excluding carboxylic acids is 1. The lowest BCUT2D eigenvalue weighted by Crippen LogP contribution is -2.54. The third-order valence-corrected chi connectivity index (χ3v) is 5.18. The standard InChI is InChI=1S/C15H26N2O4/c1-9-4-5-11(6-10(9)2)16-14(20)17-12-7-21-8-15(12,3)13(18)19/h9-12H,4-8H2,1-3H3,(H,18,19)(H2,16,17,20). The Bertz CT molecular complexity index is 414. The van der Waals surface area contributed by atoms with Crippen molar-refractivity contribution in [2.75, 3.05) is 13.2 Å². The molecule has 21 heavy (non-hydrogen) atoms. The first-order valence-corrected chi connectivity index (χ1v) is 7.71. The summed E-state index contributed by atoms with van der Waals surface area (Å²) in [4.78, 5) is 23.4. The van der Waals surface area contributed by atoms with E-state index in [1.807, 2.05) is 0 Å². The fraction of sp³-hybridized carbons (Fsp3) is 0.867. The van der Waals surface area contributed by atoms with E-state index in [1.54, 1.807) is 6.92 Å². The van der Waals surface area contributed by atoms with Gasteiger partial charge in [-0.15, -0.1) is 0 Å². The molecule has 6 nitrogen and oxygen atoms in total. The highest BCUT2D eigenvalue weighted by molar-refractivity contribution is 5.79. The van der Waals surface area contributed by atoms with Crippen LogP contribution < -0.4 is 10.6 Å². The van der Waals surface area contributed by atoms with Gasteiger partial charge in [0.05, 0.1) is 19.3 Å². The molecule has 0 spiro atoms. The Labute approximate surface area is 125 Å². The Morgan fingerprint density at radius 1 is 1.19 bits per heavy atom. The van der Waals surface area contributed by atoms with Gasteiger partial charge in [-0.3, -0.25) is 4.79 Å². The highest BCUT2D eigenvalue weighted by Gasteiger charge is 2.47. The molecule has 5 unspecified atom stereocenters. The van der Waals surface area contributed by atoms with Crippen molar-refractivity contribution in [2.45, 2.75) is 52.1 Å². The van der Waals surface area contributed by atoms with Crippen molar-refractivity contribution in [1.82, 2.24) is 10.6 Å². The number of hydrogen-bond donors (Lipinski definition) is 3. The van der Waals surface area contributed by atoms with Crippen molar-refractivity contribution in [1.29, 1.82) is 0 Å². The molecule has 1 saturated carbocycles. The van der Waals surface area contributed by atoms with Gasteiger partial charge in [-0.2, -0.15) is 0 Å². The number of carboxylic acids is 1. The molecule has 0 radical (unpaired) electrons. The zero-order valence-electron chi connectivity index (χ0n) is 13.0. The molecule has 0 aromatic rings. The molecule has 5 atom stereocenters. The second-order valence-electron chi connectivity index (χ2n) is 6.87. The predicted molar refractivity (Wildman–Crippen MR) is 78.0 cm³/mol. The SMILES string of the molecule is CC1CCC(NC(=O)NC2COCC2(C)C(=O)O)CC1C. The average molecular weight is 298 g/mol. The van der Waals surface area contributed by atoms with E-state index < -0.39 is 17.4 Å². The summed E-state index contributed by atoms with van der Waals surface area (Å²) in [5, 5.41) is 15.0. The fourth-order valence-electron chi connectivity index (χ4n) is 3.15. The summed E-state index contributed by atoms with van der Waals surface area (Å²) in [5.74, 6) is 0.359. The smallest absolute Gasteiger partial charge is 0.315 e. The third-order valence-electron chi connectivity index (χ3n) is 5.18. The van der Waals surface area contributed by atoms with Crippen molar-refractivity contribution >= 4 is 12.0 Å². The van der Waals surface area contributed by atoms with E-state index in [1.165, 1.54) is 0 Å². The van der Waals surface area contributed by atoms with Crippen molar-refractivity contribution in [3.05, 3.63) is 0 Å². The number of carbonyl (C=O) groups is 2. The molecule has 2 amide bonds. The summed E-state index contributed by atoms with van der Waals surface area (Å²) < 4.78 is 5.23. The summed E-state index contributed by atoms with van der Waals surface area (Å²) in [7, 11) is 0. The van der Waals surface area contributed by atoms with Crippen LogP contribution in [-0.2, 0) is 9.53 Å². The number of nitrogens with one attached hydrogen (secondary N) is 2. The fourth-order valence-corrected chi connectivity index (χ4v) is 3.15. The lowest BCUT2D eigenvalue weighted by molar-refractivity contribution is -0.148. The van der Waals surface area contributed by atoms with Crippen molar-refractivity contribution < 1.29 is 19.4 Å². The van der Waals surface area contributed by atoms with Gasteiger partial charge in [0.15, 0.2) is 0 Å². The molecule has 2 aliphatic rings. The van der Waals surface area contributed by atoms with Crippen LogP contribution in [0.3, 0.4) is 0 Å².